The average molecular weight is 251 g/mol. The monoisotopic (exact) mass is 251 g/mol. The zero-order valence-corrected chi connectivity index (χ0v) is 10.7. The molecule has 1 aliphatic heterocycles. The van der Waals surface area contributed by atoms with Gasteiger partial charge in [-0.05, 0) is 36.9 Å². The van der Waals surface area contributed by atoms with Crippen LogP contribution in [0.5, 0.6) is 0 Å². The number of hydrogen-bond donors (Lipinski definition) is 1. The number of benzene rings is 1. The molecular formula is C13H17NO2S. The first kappa shape index (κ1) is 12.5. The van der Waals surface area contributed by atoms with Gasteiger partial charge >= 0.3 is 5.97 Å². The van der Waals surface area contributed by atoms with Gasteiger partial charge in [0.05, 0.1) is 5.56 Å². The molecule has 0 saturated carbocycles. The number of aromatic carboxylic acids is 1. The molecule has 1 fully saturated rings. The molecule has 92 valence electrons. The lowest BCUT2D eigenvalue weighted by Crippen LogP contribution is -2.20. The van der Waals surface area contributed by atoms with Crippen molar-refractivity contribution in [2.24, 2.45) is 0 Å². The van der Waals surface area contributed by atoms with Gasteiger partial charge in [-0.1, -0.05) is 12.1 Å². The number of nitrogens with zero attached hydrogens (tertiary/aromatic N) is 1. The number of carbonyl (C=O) groups is 1. The summed E-state index contributed by atoms with van der Waals surface area (Å²) in [5.74, 6) is -0.852. The van der Waals surface area contributed by atoms with Crippen molar-refractivity contribution in [1.29, 1.82) is 0 Å². The van der Waals surface area contributed by atoms with Crippen LogP contribution in [0.1, 0.15) is 22.3 Å². The van der Waals surface area contributed by atoms with E-state index in [4.69, 9.17) is 5.11 Å². The van der Waals surface area contributed by atoms with E-state index < -0.39 is 5.97 Å². The standard InChI is InChI=1S/C13H17NO2S/c1-17-12-5-6-14(9-12)8-10-3-2-4-11(7-10)13(15)16/h2-4,7,12H,5-6,8-9H2,1H3,(H,15,16). The number of rotatable bonds is 4. The Kier molecular flexibility index (Phi) is 4.07. The smallest absolute Gasteiger partial charge is 0.335 e. The second-order valence-corrected chi connectivity index (χ2v) is 5.53. The van der Waals surface area contributed by atoms with E-state index in [0.717, 1.165) is 30.4 Å². The Bertz CT molecular complexity index is 408. The molecule has 4 heteroatoms. The number of thioether (sulfide) groups is 1. The lowest BCUT2D eigenvalue weighted by atomic mass is 10.1. The summed E-state index contributed by atoms with van der Waals surface area (Å²) in [5.41, 5.74) is 1.47. The quantitative estimate of drug-likeness (QED) is 0.891. The van der Waals surface area contributed by atoms with Crippen LogP contribution >= 0.6 is 11.8 Å². The number of likely N-dealkylation sites (tertiary alicyclic amines) is 1. The molecule has 17 heavy (non-hydrogen) atoms. The third kappa shape index (κ3) is 3.23. The van der Waals surface area contributed by atoms with E-state index >= 15 is 0 Å². The van der Waals surface area contributed by atoms with Gasteiger partial charge < -0.3 is 5.11 Å². The summed E-state index contributed by atoms with van der Waals surface area (Å²) < 4.78 is 0. The van der Waals surface area contributed by atoms with Gasteiger partial charge in [0.2, 0.25) is 0 Å². The molecule has 1 aliphatic rings. The fourth-order valence-electron chi connectivity index (χ4n) is 2.19. The van der Waals surface area contributed by atoms with E-state index in [1.807, 2.05) is 23.9 Å². The van der Waals surface area contributed by atoms with Crippen molar-refractivity contribution in [2.75, 3.05) is 19.3 Å². The van der Waals surface area contributed by atoms with Gasteiger partial charge in [-0.2, -0.15) is 11.8 Å². The first-order chi connectivity index (χ1) is 8.19. The largest absolute Gasteiger partial charge is 0.478 e. The van der Waals surface area contributed by atoms with Gasteiger partial charge in [0, 0.05) is 18.3 Å². The molecular weight excluding hydrogens is 234 g/mol. The SMILES string of the molecule is CSC1CCN(Cc2cccc(C(=O)O)c2)C1. The van der Waals surface area contributed by atoms with E-state index in [0.29, 0.717) is 5.56 Å². The molecule has 1 aromatic carbocycles. The zero-order valence-electron chi connectivity index (χ0n) is 9.93. The van der Waals surface area contributed by atoms with E-state index in [9.17, 15) is 4.79 Å². The van der Waals surface area contributed by atoms with Crippen LogP contribution in [0.15, 0.2) is 24.3 Å². The molecule has 0 radical (unpaired) electrons. The highest BCUT2D eigenvalue weighted by Crippen LogP contribution is 2.21. The predicted molar refractivity (Wildman–Crippen MR) is 70.6 cm³/mol. The molecule has 0 spiro atoms. The van der Waals surface area contributed by atoms with E-state index in [-0.39, 0.29) is 0 Å². The van der Waals surface area contributed by atoms with Crippen LogP contribution in [0.2, 0.25) is 0 Å². The molecule has 1 heterocycles. The highest BCUT2D eigenvalue weighted by Gasteiger charge is 2.21. The maximum atomic E-state index is 10.9. The Hall–Kier alpha value is -1.00. The second kappa shape index (κ2) is 5.56. The first-order valence-electron chi connectivity index (χ1n) is 5.76. The molecule has 0 aliphatic carbocycles. The molecule has 2 rings (SSSR count). The van der Waals surface area contributed by atoms with Gasteiger partial charge in [0.1, 0.15) is 0 Å². The molecule has 3 nitrogen and oxygen atoms in total. The second-order valence-electron chi connectivity index (χ2n) is 4.39. The first-order valence-corrected chi connectivity index (χ1v) is 7.05. The summed E-state index contributed by atoms with van der Waals surface area (Å²) in [7, 11) is 0. The van der Waals surface area contributed by atoms with Gasteiger partial charge in [-0.3, -0.25) is 4.90 Å². The average Bonchev–Trinajstić information content (AvgIpc) is 2.77. The third-order valence-electron chi connectivity index (χ3n) is 3.14. The predicted octanol–water partition coefficient (Wildman–Crippen LogP) is 2.32. The molecule has 0 bridgehead atoms. The molecule has 1 saturated heterocycles. The van der Waals surface area contributed by atoms with Crippen LogP contribution in [0, 0.1) is 0 Å². The Morgan fingerprint density at radius 1 is 1.59 bits per heavy atom. The van der Waals surface area contributed by atoms with Crippen molar-refractivity contribution in [3.05, 3.63) is 35.4 Å². The molecule has 0 amide bonds. The summed E-state index contributed by atoms with van der Waals surface area (Å²) in [6.07, 6.45) is 3.39. The molecule has 1 unspecified atom stereocenters. The highest BCUT2D eigenvalue weighted by atomic mass is 32.2. The Morgan fingerprint density at radius 2 is 2.41 bits per heavy atom. The van der Waals surface area contributed by atoms with Crippen LogP contribution < -0.4 is 0 Å². The van der Waals surface area contributed by atoms with Gasteiger partial charge in [0.15, 0.2) is 0 Å². The van der Waals surface area contributed by atoms with Crippen LogP contribution in [-0.4, -0.2) is 40.6 Å². The summed E-state index contributed by atoms with van der Waals surface area (Å²) >= 11 is 1.92. The van der Waals surface area contributed by atoms with Crippen LogP contribution in [0.4, 0.5) is 0 Å². The van der Waals surface area contributed by atoms with Crippen molar-refractivity contribution >= 4 is 17.7 Å². The van der Waals surface area contributed by atoms with Gasteiger partial charge in [-0.15, -0.1) is 0 Å². The van der Waals surface area contributed by atoms with E-state index in [2.05, 4.69) is 11.2 Å². The van der Waals surface area contributed by atoms with Crippen molar-refractivity contribution in [3.63, 3.8) is 0 Å². The minimum atomic E-state index is -0.852. The van der Waals surface area contributed by atoms with Crippen LogP contribution in [0.3, 0.4) is 0 Å². The number of hydrogen-bond acceptors (Lipinski definition) is 3. The van der Waals surface area contributed by atoms with Gasteiger partial charge in [0.25, 0.3) is 0 Å². The van der Waals surface area contributed by atoms with Crippen LogP contribution in [0.25, 0.3) is 0 Å². The third-order valence-corrected chi connectivity index (χ3v) is 4.19. The summed E-state index contributed by atoms with van der Waals surface area (Å²) in [5, 5.41) is 9.67. The minimum Gasteiger partial charge on any atom is -0.478 e. The summed E-state index contributed by atoms with van der Waals surface area (Å²) in [4.78, 5) is 13.3. The fourth-order valence-corrected chi connectivity index (χ4v) is 2.90. The summed E-state index contributed by atoms with van der Waals surface area (Å²) in [6, 6.07) is 7.23. The lowest BCUT2D eigenvalue weighted by Gasteiger charge is -2.15. The van der Waals surface area contributed by atoms with Crippen molar-refractivity contribution < 1.29 is 9.90 Å². The summed E-state index contributed by atoms with van der Waals surface area (Å²) in [6.45, 7) is 3.08. The van der Waals surface area contributed by atoms with Gasteiger partial charge in [-0.25, -0.2) is 4.79 Å². The highest BCUT2D eigenvalue weighted by molar-refractivity contribution is 7.99. The maximum absolute atomic E-state index is 10.9. The Labute approximate surface area is 106 Å². The maximum Gasteiger partial charge on any atom is 0.335 e. The zero-order chi connectivity index (χ0) is 12.3. The normalized spacial score (nSPS) is 20.6. The number of carboxylic acid groups (broad SMARTS) is 1. The van der Waals surface area contributed by atoms with Crippen molar-refractivity contribution in [3.8, 4) is 0 Å². The van der Waals surface area contributed by atoms with E-state index in [1.165, 1.54) is 6.42 Å². The minimum absolute atomic E-state index is 0.378. The molecule has 1 N–H and O–H groups in total. The van der Waals surface area contributed by atoms with Crippen LogP contribution in [-0.2, 0) is 6.54 Å². The Balaban J connectivity index is 1.99. The molecule has 1 aromatic rings. The number of carboxylic acids is 1. The Morgan fingerprint density at radius 3 is 3.06 bits per heavy atom. The lowest BCUT2D eigenvalue weighted by molar-refractivity contribution is 0.0696. The van der Waals surface area contributed by atoms with Crippen molar-refractivity contribution in [1.82, 2.24) is 4.90 Å². The fraction of sp³-hybridized carbons (Fsp3) is 0.462. The van der Waals surface area contributed by atoms with E-state index in [1.54, 1.807) is 12.1 Å². The topological polar surface area (TPSA) is 40.5 Å². The van der Waals surface area contributed by atoms with Crippen molar-refractivity contribution in [2.45, 2.75) is 18.2 Å². The molecule has 1 atom stereocenters. The molecule has 0 aromatic heterocycles.